The summed E-state index contributed by atoms with van der Waals surface area (Å²) in [7, 11) is 5.26. The van der Waals surface area contributed by atoms with Crippen molar-refractivity contribution in [3.8, 4) is 11.5 Å². The molecule has 0 aliphatic rings. The largest absolute Gasteiger partial charge is 0.497 e. The standard InChI is InChI=1S/C21H28N6O2S/c1-14(18-11-16(28-4)8-9-19(18)29-5)24-21(22-12-17-7-6-10-30-17)23-13-20-26-25-15(2)27(20)3/h6-11,14H,12-13H2,1-5H3,(H2,22,23,24). The minimum Gasteiger partial charge on any atom is -0.497 e. The molecule has 0 fully saturated rings. The number of guanidine groups is 1. The molecule has 0 aliphatic carbocycles. The molecule has 3 aromatic rings. The van der Waals surface area contributed by atoms with Crippen LogP contribution in [0.3, 0.4) is 0 Å². The first-order valence-corrected chi connectivity index (χ1v) is 10.5. The lowest BCUT2D eigenvalue weighted by Gasteiger charge is -2.21. The Kier molecular flexibility index (Phi) is 7.29. The molecule has 0 saturated heterocycles. The molecule has 9 heteroatoms. The highest BCUT2D eigenvalue weighted by atomic mass is 32.1. The summed E-state index contributed by atoms with van der Waals surface area (Å²) < 4.78 is 12.9. The molecule has 0 aliphatic heterocycles. The maximum Gasteiger partial charge on any atom is 0.192 e. The van der Waals surface area contributed by atoms with E-state index in [0.717, 1.165) is 28.7 Å². The second-order valence-electron chi connectivity index (χ2n) is 6.79. The molecule has 0 spiro atoms. The van der Waals surface area contributed by atoms with E-state index >= 15 is 0 Å². The third-order valence-electron chi connectivity index (χ3n) is 4.83. The number of thiophene rings is 1. The lowest BCUT2D eigenvalue weighted by molar-refractivity contribution is 0.394. The summed E-state index contributed by atoms with van der Waals surface area (Å²) in [4.78, 5) is 5.96. The number of aliphatic imine (C=N–C) groups is 1. The van der Waals surface area contributed by atoms with E-state index in [1.54, 1.807) is 25.6 Å². The fourth-order valence-electron chi connectivity index (χ4n) is 2.94. The van der Waals surface area contributed by atoms with E-state index in [1.807, 2.05) is 42.8 Å². The summed E-state index contributed by atoms with van der Waals surface area (Å²) in [6.07, 6.45) is 0. The number of rotatable bonds is 8. The molecular formula is C21H28N6O2S. The minimum atomic E-state index is -0.0640. The molecule has 1 aromatic carbocycles. The molecule has 30 heavy (non-hydrogen) atoms. The molecular weight excluding hydrogens is 400 g/mol. The van der Waals surface area contributed by atoms with Crippen LogP contribution >= 0.6 is 11.3 Å². The number of hydrogen-bond donors (Lipinski definition) is 2. The van der Waals surface area contributed by atoms with Crippen LogP contribution in [0.4, 0.5) is 0 Å². The molecule has 1 unspecified atom stereocenters. The SMILES string of the molecule is COc1ccc(OC)c(C(C)NC(=NCc2nnc(C)n2C)NCc2cccs2)c1. The van der Waals surface area contributed by atoms with Crippen molar-refractivity contribution in [3.05, 3.63) is 57.8 Å². The number of nitrogens with zero attached hydrogens (tertiary/aromatic N) is 4. The number of aryl methyl sites for hydroxylation is 1. The smallest absolute Gasteiger partial charge is 0.192 e. The Balaban J connectivity index is 1.80. The number of nitrogens with one attached hydrogen (secondary N) is 2. The highest BCUT2D eigenvalue weighted by molar-refractivity contribution is 7.09. The average molecular weight is 429 g/mol. The zero-order valence-corrected chi connectivity index (χ0v) is 18.8. The van der Waals surface area contributed by atoms with Crippen molar-refractivity contribution in [3.63, 3.8) is 0 Å². The van der Waals surface area contributed by atoms with Gasteiger partial charge in [0.05, 0.1) is 26.8 Å². The van der Waals surface area contributed by atoms with Crippen LogP contribution in [-0.2, 0) is 20.1 Å². The van der Waals surface area contributed by atoms with Gasteiger partial charge in [0.25, 0.3) is 0 Å². The Hall–Kier alpha value is -3.07. The highest BCUT2D eigenvalue weighted by Crippen LogP contribution is 2.29. The van der Waals surface area contributed by atoms with E-state index in [4.69, 9.17) is 14.5 Å². The normalized spacial score (nSPS) is 12.5. The van der Waals surface area contributed by atoms with Crippen LogP contribution in [0.25, 0.3) is 0 Å². The molecule has 8 nitrogen and oxygen atoms in total. The Morgan fingerprint density at radius 3 is 2.70 bits per heavy atom. The topological polar surface area (TPSA) is 85.6 Å². The van der Waals surface area contributed by atoms with Gasteiger partial charge in [0.1, 0.15) is 23.9 Å². The van der Waals surface area contributed by atoms with Crippen LogP contribution in [0.2, 0.25) is 0 Å². The highest BCUT2D eigenvalue weighted by Gasteiger charge is 2.15. The number of ether oxygens (including phenoxy) is 2. The van der Waals surface area contributed by atoms with Crippen LogP contribution in [0.1, 0.15) is 35.1 Å². The molecule has 2 aromatic heterocycles. The van der Waals surface area contributed by atoms with E-state index in [0.29, 0.717) is 19.0 Å². The van der Waals surface area contributed by atoms with Crippen molar-refractivity contribution in [1.82, 2.24) is 25.4 Å². The predicted molar refractivity (Wildman–Crippen MR) is 119 cm³/mol. The van der Waals surface area contributed by atoms with Gasteiger partial charge in [-0.3, -0.25) is 0 Å². The Morgan fingerprint density at radius 2 is 2.07 bits per heavy atom. The van der Waals surface area contributed by atoms with Crippen LogP contribution in [0.5, 0.6) is 11.5 Å². The first-order chi connectivity index (χ1) is 14.5. The number of hydrogen-bond acceptors (Lipinski definition) is 6. The van der Waals surface area contributed by atoms with E-state index in [9.17, 15) is 0 Å². The van der Waals surface area contributed by atoms with Crippen LogP contribution in [0.15, 0.2) is 40.7 Å². The quantitative estimate of drug-likeness (QED) is 0.423. The van der Waals surface area contributed by atoms with Gasteiger partial charge in [0.15, 0.2) is 11.8 Å². The molecule has 160 valence electrons. The first kappa shape index (κ1) is 21.6. The third kappa shape index (κ3) is 5.29. The van der Waals surface area contributed by atoms with Gasteiger partial charge in [-0.2, -0.15) is 0 Å². The predicted octanol–water partition coefficient (Wildman–Crippen LogP) is 3.20. The zero-order valence-electron chi connectivity index (χ0n) is 18.0. The summed E-state index contributed by atoms with van der Waals surface area (Å²) in [5.74, 6) is 3.91. The van der Waals surface area contributed by atoms with Gasteiger partial charge in [-0.1, -0.05) is 6.07 Å². The van der Waals surface area contributed by atoms with Crippen molar-refractivity contribution in [2.24, 2.45) is 12.0 Å². The lowest BCUT2D eigenvalue weighted by Crippen LogP contribution is -2.38. The summed E-state index contributed by atoms with van der Waals surface area (Å²) in [6, 6.07) is 9.83. The van der Waals surface area contributed by atoms with Gasteiger partial charge >= 0.3 is 0 Å². The van der Waals surface area contributed by atoms with E-state index in [2.05, 4.69) is 39.2 Å². The Morgan fingerprint density at radius 1 is 1.23 bits per heavy atom. The summed E-state index contributed by atoms with van der Waals surface area (Å²) in [5.41, 5.74) is 0.983. The van der Waals surface area contributed by atoms with Crippen LogP contribution in [0, 0.1) is 6.92 Å². The van der Waals surface area contributed by atoms with Crippen LogP contribution < -0.4 is 20.1 Å². The van der Waals surface area contributed by atoms with E-state index in [-0.39, 0.29) is 6.04 Å². The second-order valence-corrected chi connectivity index (χ2v) is 7.83. The lowest BCUT2D eigenvalue weighted by atomic mass is 10.1. The molecule has 3 rings (SSSR count). The van der Waals surface area contributed by atoms with Gasteiger partial charge in [0, 0.05) is 17.5 Å². The fourth-order valence-corrected chi connectivity index (χ4v) is 3.58. The molecule has 0 saturated carbocycles. The second kappa shape index (κ2) is 10.1. The van der Waals surface area contributed by atoms with Crippen molar-refractivity contribution < 1.29 is 9.47 Å². The number of methoxy groups -OCH3 is 2. The molecule has 2 heterocycles. The summed E-state index contributed by atoms with van der Waals surface area (Å²) in [5, 5.41) is 17.2. The number of benzene rings is 1. The number of aromatic nitrogens is 3. The Bertz CT molecular complexity index is 984. The summed E-state index contributed by atoms with van der Waals surface area (Å²) in [6.45, 7) is 5.08. The molecule has 1 atom stereocenters. The van der Waals surface area contributed by atoms with Gasteiger partial charge in [-0.15, -0.1) is 21.5 Å². The van der Waals surface area contributed by atoms with Gasteiger partial charge in [0.2, 0.25) is 0 Å². The molecule has 0 amide bonds. The Labute approximate surface area is 181 Å². The third-order valence-corrected chi connectivity index (χ3v) is 5.70. The first-order valence-electron chi connectivity index (χ1n) is 9.65. The van der Waals surface area contributed by atoms with E-state index < -0.39 is 0 Å². The van der Waals surface area contributed by atoms with Gasteiger partial charge < -0.3 is 24.7 Å². The van der Waals surface area contributed by atoms with Crippen molar-refractivity contribution in [1.29, 1.82) is 0 Å². The van der Waals surface area contributed by atoms with Gasteiger partial charge in [-0.25, -0.2) is 4.99 Å². The van der Waals surface area contributed by atoms with Gasteiger partial charge in [-0.05, 0) is 43.5 Å². The van der Waals surface area contributed by atoms with Crippen molar-refractivity contribution >= 4 is 17.3 Å². The van der Waals surface area contributed by atoms with Crippen LogP contribution in [-0.4, -0.2) is 34.9 Å². The average Bonchev–Trinajstić information content (AvgIpc) is 3.40. The maximum absolute atomic E-state index is 5.54. The van der Waals surface area contributed by atoms with Crippen molar-refractivity contribution in [2.45, 2.75) is 33.0 Å². The monoisotopic (exact) mass is 428 g/mol. The summed E-state index contributed by atoms with van der Waals surface area (Å²) >= 11 is 1.70. The molecule has 0 radical (unpaired) electrons. The van der Waals surface area contributed by atoms with E-state index in [1.165, 1.54) is 4.88 Å². The molecule has 2 N–H and O–H groups in total. The zero-order chi connectivity index (χ0) is 21.5. The maximum atomic E-state index is 5.54. The van der Waals surface area contributed by atoms with Crippen molar-refractivity contribution in [2.75, 3.05) is 14.2 Å². The minimum absolute atomic E-state index is 0.0640. The molecule has 0 bridgehead atoms. The fraction of sp³-hybridized carbons (Fsp3) is 0.381.